The van der Waals surface area contributed by atoms with Crippen LogP contribution in [-0.4, -0.2) is 69.6 Å². The molecule has 5 rings (SSSR count). The van der Waals surface area contributed by atoms with E-state index in [9.17, 15) is 4.79 Å². The number of thiazole rings is 1. The van der Waals surface area contributed by atoms with Gasteiger partial charge in [-0.3, -0.25) is 9.78 Å². The normalized spacial score (nSPS) is 14.0. The molecule has 4 aromatic rings. The monoisotopic (exact) mass is 489 g/mol. The number of hydrogen-bond acceptors (Lipinski definition) is 9. The van der Waals surface area contributed by atoms with Crippen LogP contribution < -0.4 is 10.2 Å². The molecule has 5 heterocycles. The molecular formula is C25H27N7O2S. The summed E-state index contributed by atoms with van der Waals surface area (Å²) in [5.74, 6) is 0.770. The van der Waals surface area contributed by atoms with Gasteiger partial charge in [-0.1, -0.05) is 11.3 Å². The molecule has 0 unspecified atom stereocenters. The number of pyridine rings is 3. The van der Waals surface area contributed by atoms with Gasteiger partial charge >= 0.3 is 0 Å². The molecule has 1 amide bonds. The van der Waals surface area contributed by atoms with Gasteiger partial charge in [0.25, 0.3) is 0 Å². The Labute approximate surface area is 207 Å². The first-order valence-corrected chi connectivity index (χ1v) is 12.4. The quantitative estimate of drug-likeness (QED) is 0.417. The van der Waals surface area contributed by atoms with E-state index in [4.69, 9.17) is 9.72 Å². The van der Waals surface area contributed by atoms with Gasteiger partial charge in [0.1, 0.15) is 22.8 Å². The zero-order valence-corrected chi connectivity index (χ0v) is 20.5. The molecule has 0 spiro atoms. The van der Waals surface area contributed by atoms with Crippen molar-refractivity contribution in [3.05, 3.63) is 55.0 Å². The summed E-state index contributed by atoms with van der Waals surface area (Å²) in [5.41, 5.74) is 3.82. The number of fused-ring (bicyclic) bond motifs is 1. The highest BCUT2D eigenvalue weighted by atomic mass is 32.1. The highest BCUT2D eigenvalue weighted by molar-refractivity contribution is 7.21. The zero-order valence-electron chi connectivity index (χ0n) is 19.7. The van der Waals surface area contributed by atoms with Gasteiger partial charge < -0.3 is 19.9 Å². The molecule has 1 aliphatic heterocycles. The maximum absolute atomic E-state index is 12.3. The van der Waals surface area contributed by atoms with Gasteiger partial charge in [0.15, 0.2) is 5.13 Å². The fourth-order valence-corrected chi connectivity index (χ4v) is 4.74. The number of hydrogen-bond donors (Lipinski definition) is 1. The third-order valence-corrected chi connectivity index (χ3v) is 6.63. The largest absolute Gasteiger partial charge is 0.369 e. The minimum absolute atomic E-state index is 0.0481. The van der Waals surface area contributed by atoms with Gasteiger partial charge in [0.2, 0.25) is 5.91 Å². The number of aromatic nitrogens is 4. The van der Waals surface area contributed by atoms with E-state index in [1.54, 1.807) is 18.6 Å². The van der Waals surface area contributed by atoms with Crippen LogP contribution >= 0.6 is 11.3 Å². The molecule has 1 saturated heterocycles. The first kappa shape index (κ1) is 23.1. The van der Waals surface area contributed by atoms with Crippen LogP contribution in [0.5, 0.6) is 0 Å². The summed E-state index contributed by atoms with van der Waals surface area (Å²) in [5, 5.41) is 4.07. The molecule has 9 nitrogen and oxygen atoms in total. The summed E-state index contributed by atoms with van der Waals surface area (Å²) < 4.78 is 5.46. The average Bonchev–Trinajstić information content (AvgIpc) is 3.29. The molecule has 0 bridgehead atoms. The van der Waals surface area contributed by atoms with Crippen molar-refractivity contribution in [2.24, 2.45) is 0 Å². The summed E-state index contributed by atoms with van der Waals surface area (Å²) in [4.78, 5) is 35.3. The van der Waals surface area contributed by atoms with Gasteiger partial charge in [-0.15, -0.1) is 0 Å². The number of nitrogens with zero attached hydrogens (tertiary/aromatic N) is 6. The SMILES string of the molecule is CC(C)OCC(=O)N1CCN(c2ccnc(Nc3nc4ccc(-c5ccncc5)nc4s3)c2)CC1. The van der Waals surface area contributed by atoms with Crippen LogP contribution in [0.4, 0.5) is 16.6 Å². The van der Waals surface area contributed by atoms with Crippen molar-refractivity contribution >= 4 is 44.2 Å². The maximum Gasteiger partial charge on any atom is 0.248 e. The molecule has 1 N–H and O–H groups in total. The van der Waals surface area contributed by atoms with Crippen molar-refractivity contribution in [1.82, 2.24) is 24.8 Å². The number of carbonyl (C=O) groups is 1. The van der Waals surface area contributed by atoms with Crippen LogP contribution in [0, 0.1) is 0 Å². The van der Waals surface area contributed by atoms with E-state index in [-0.39, 0.29) is 18.6 Å². The molecule has 180 valence electrons. The molecule has 0 aliphatic carbocycles. The van der Waals surface area contributed by atoms with Crippen molar-refractivity contribution in [2.45, 2.75) is 20.0 Å². The number of anilines is 3. The maximum atomic E-state index is 12.3. The molecule has 1 aliphatic rings. The second-order valence-electron chi connectivity index (χ2n) is 8.53. The lowest BCUT2D eigenvalue weighted by Crippen LogP contribution is -2.50. The van der Waals surface area contributed by atoms with Crippen LogP contribution in [0.25, 0.3) is 21.6 Å². The third kappa shape index (κ3) is 5.55. The van der Waals surface area contributed by atoms with Crippen molar-refractivity contribution in [2.75, 3.05) is 43.0 Å². The molecule has 0 radical (unpaired) electrons. The van der Waals surface area contributed by atoms with Crippen LogP contribution in [0.2, 0.25) is 0 Å². The molecular weight excluding hydrogens is 462 g/mol. The van der Waals surface area contributed by atoms with E-state index in [2.05, 4.69) is 25.2 Å². The second kappa shape index (κ2) is 10.3. The first-order chi connectivity index (χ1) is 17.0. The molecule has 35 heavy (non-hydrogen) atoms. The van der Waals surface area contributed by atoms with Crippen LogP contribution in [-0.2, 0) is 9.53 Å². The number of carbonyl (C=O) groups excluding carboxylic acids is 1. The van der Waals surface area contributed by atoms with Crippen molar-refractivity contribution in [1.29, 1.82) is 0 Å². The minimum Gasteiger partial charge on any atom is -0.369 e. The lowest BCUT2D eigenvalue weighted by atomic mass is 10.2. The van der Waals surface area contributed by atoms with Crippen LogP contribution in [0.3, 0.4) is 0 Å². The molecule has 10 heteroatoms. The summed E-state index contributed by atoms with van der Waals surface area (Å²) in [7, 11) is 0. The second-order valence-corrected chi connectivity index (χ2v) is 9.51. The predicted octanol–water partition coefficient (Wildman–Crippen LogP) is 3.97. The van der Waals surface area contributed by atoms with E-state index in [1.165, 1.54) is 11.3 Å². The number of rotatable bonds is 7. The first-order valence-electron chi connectivity index (χ1n) is 11.6. The zero-order chi connectivity index (χ0) is 24.2. The average molecular weight is 490 g/mol. The topological polar surface area (TPSA) is 96.4 Å². The Kier molecular flexibility index (Phi) is 6.82. The number of nitrogens with one attached hydrogen (secondary N) is 1. The Bertz CT molecular complexity index is 1300. The molecule has 4 aromatic heterocycles. The lowest BCUT2D eigenvalue weighted by molar-refractivity contribution is -0.137. The Balaban J connectivity index is 1.24. The Hall–Kier alpha value is -3.63. The number of amides is 1. The standard InChI is InChI=1S/C25H27N7O2S/c1-17(2)34-16-23(33)32-13-11-31(12-14-32)19-7-10-27-22(15-19)30-25-29-21-4-3-20(28-24(21)35-25)18-5-8-26-9-6-18/h3-10,15,17H,11-14,16H2,1-2H3,(H,27,29,30). The molecule has 0 atom stereocenters. The fourth-order valence-electron chi connectivity index (χ4n) is 3.89. The third-order valence-electron chi connectivity index (χ3n) is 5.75. The Morgan fingerprint density at radius 3 is 2.63 bits per heavy atom. The summed E-state index contributed by atoms with van der Waals surface area (Å²) in [6.07, 6.45) is 5.37. The Morgan fingerprint density at radius 2 is 1.86 bits per heavy atom. The summed E-state index contributed by atoms with van der Waals surface area (Å²) in [6, 6.07) is 11.8. The van der Waals surface area contributed by atoms with E-state index in [1.807, 2.05) is 55.1 Å². The molecule has 1 fully saturated rings. The molecule has 0 saturated carbocycles. The predicted molar refractivity (Wildman–Crippen MR) is 138 cm³/mol. The summed E-state index contributed by atoms with van der Waals surface area (Å²) >= 11 is 1.49. The van der Waals surface area contributed by atoms with Gasteiger partial charge in [-0.25, -0.2) is 15.0 Å². The van der Waals surface area contributed by atoms with E-state index in [0.717, 1.165) is 51.3 Å². The lowest BCUT2D eigenvalue weighted by Gasteiger charge is -2.36. The van der Waals surface area contributed by atoms with E-state index < -0.39 is 0 Å². The highest BCUT2D eigenvalue weighted by Gasteiger charge is 2.22. The van der Waals surface area contributed by atoms with Crippen molar-refractivity contribution in [3.8, 4) is 11.3 Å². The fraction of sp³-hybridized carbons (Fsp3) is 0.320. The molecule has 0 aromatic carbocycles. The van der Waals surface area contributed by atoms with Crippen LogP contribution in [0.1, 0.15) is 13.8 Å². The smallest absolute Gasteiger partial charge is 0.248 e. The van der Waals surface area contributed by atoms with Crippen molar-refractivity contribution in [3.63, 3.8) is 0 Å². The number of ether oxygens (including phenoxy) is 1. The summed E-state index contributed by atoms with van der Waals surface area (Å²) in [6.45, 7) is 6.89. The van der Waals surface area contributed by atoms with Gasteiger partial charge in [-0.05, 0) is 44.2 Å². The van der Waals surface area contributed by atoms with E-state index in [0.29, 0.717) is 13.1 Å². The van der Waals surface area contributed by atoms with Gasteiger partial charge in [-0.2, -0.15) is 0 Å². The van der Waals surface area contributed by atoms with Gasteiger partial charge in [0, 0.05) is 62.1 Å². The van der Waals surface area contributed by atoms with Crippen molar-refractivity contribution < 1.29 is 9.53 Å². The van der Waals surface area contributed by atoms with Crippen LogP contribution in [0.15, 0.2) is 55.0 Å². The highest BCUT2D eigenvalue weighted by Crippen LogP contribution is 2.30. The number of piperazine rings is 1. The van der Waals surface area contributed by atoms with Gasteiger partial charge in [0.05, 0.1) is 11.8 Å². The van der Waals surface area contributed by atoms with E-state index >= 15 is 0 Å². The Morgan fingerprint density at radius 1 is 1.06 bits per heavy atom. The minimum atomic E-state index is 0.0481.